The fourth-order valence-corrected chi connectivity index (χ4v) is 5.14. The van der Waals surface area contributed by atoms with E-state index in [9.17, 15) is 9.90 Å². The zero-order chi connectivity index (χ0) is 15.3. The summed E-state index contributed by atoms with van der Waals surface area (Å²) >= 11 is 0. The largest absolute Gasteiger partial charge is 0.481 e. The topological polar surface area (TPSA) is 37.3 Å². The molecule has 2 atom stereocenters. The van der Waals surface area contributed by atoms with Crippen molar-refractivity contribution < 1.29 is 9.90 Å². The van der Waals surface area contributed by atoms with Crippen LogP contribution in [0, 0.1) is 23.2 Å². The lowest BCUT2D eigenvalue weighted by molar-refractivity contribution is -0.159. The highest BCUT2D eigenvalue weighted by Crippen LogP contribution is 2.53. The van der Waals surface area contributed by atoms with Crippen LogP contribution in [0.3, 0.4) is 0 Å². The van der Waals surface area contributed by atoms with Gasteiger partial charge in [0, 0.05) is 0 Å². The third-order valence-corrected chi connectivity index (χ3v) is 6.53. The molecule has 0 aromatic carbocycles. The van der Waals surface area contributed by atoms with Gasteiger partial charge in [0.1, 0.15) is 0 Å². The minimum absolute atomic E-state index is 0.385. The van der Waals surface area contributed by atoms with Gasteiger partial charge in [-0.05, 0) is 49.9 Å². The summed E-state index contributed by atoms with van der Waals surface area (Å²) in [5.41, 5.74) is -0.385. The molecule has 1 N–H and O–H groups in total. The van der Waals surface area contributed by atoms with Crippen LogP contribution >= 0.6 is 0 Å². The Morgan fingerprint density at radius 3 is 2.33 bits per heavy atom. The second-order valence-electron chi connectivity index (χ2n) is 7.61. The maximum absolute atomic E-state index is 12.2. The normalized spacial score (nSPS) is 37.3. The van der Waals surface area contributed by atoms with E-state index in [1.54, 1.807) is 0 Å². The Balaban J connectivity index is 2.06. The first-order chi connectivity index (χ1) is 10.1. The molecule has 0 amide bonds. The van der Waals surface area contributed by atoms with E-state index in [0.29, 0.717) is 11.8 Å². The average Bonchev–Trinajstić information content (AvgIpc) is 2.53. The zero-order valence-electron chi connectivity index (χ0n) is 14.1. The molecule has 0 saturated heterocycles. The molecule has 2 nitrogen and oxygen atoms in total. The Morgan fingerprint density at radius 1 is 1.10 bits per heavy atom. The van der Waals surface area contributed by atoms with Crippen molar-refractivity contribution in [3.05, 3.63) is 0 Å². The van der Waals surface area contributed by atoms with Gasteiger partial charge in [-0.1, -0.05) is 58.8 Å². The minimum atomic E-state index is -0.484. The molecule has 21 heavy (non-hydrogen) atoms. The summed E-state index contributed by atoms with van der Waals surface area (Å²) in [6, 6.07) is 0. The lowest BCUT2D eigenvalue weighted by Crippen LogP contribution is -2.46. The highest BCUT2D eigenvalue weighted by molar-refractivity contribution is 5.75. The van der Waals surface area contributed by atoms with E-state index in [1.165, 1.54) is 44.9 Å². The standard InChI is InChI=1S/C19H34O2/c1-3-5-8-15-11-13-19(14-12-15,18(20)21)17-10-7-6-9-16(17)4-2/h15-17H,3-14H2,1-2H3,(H,20,21). The Morgan fingerprint density at radius 2 is 1.76 bits per heavy atom. The molecule has 122 valence electrons. The van der Waals surface area contributed by atoms with Gasteiger partial charge in [0.25, 0.3) is 0 Å². The Bertz CT molecular complexity index is 328. The van der Waals surface area contributed by atoms with E-state index >= 15 is 0 Å². The highest BCUT2D eigenvalue weighted by atomic mass is 16.4. The van der Waals surface area contributed by atoms with E-state index in [4.69, 9.17) is 0 Å². The van der Waals surface area contributed by atoms with Crippen molar-refractivity contribution in [2.45, 2.75) is 90.9 Å². The van der Waals surface area contributed by atoms with Crippen molar-refractivity contribution in [3.8, 4) is 0 Å². The first-order valence-corrected chi connectivity index (χ1v) is 9.37. The van der Waals surface area contributed by atoms with Gasteiger partial charge in [0.05, 0.1) is 5.41 Å². The maximum atomic E-state index is 12.2. The van der Waals surface area contributed by atoms with Crippen molar-refractivity contribution in [1.29, 1.82) is 0 Å². The quantitative estimate of drug-likeness (QED) is 0.687. The van der Waals surface area contributed by atoms with Crippen LogP contribution in [0.25, 0.3) is 0 Å². The Labute approximate surface area is 130 Å². The molecule has 2 saturated carbocycles. The number of hydrogen-bond donors (Lipinski definition) is 1. The van der Waals surface area contributed by atoms with Crippen LogP contribution in [0.4, 0.5) is 0 Å². The van der Waals surface area contributed by atoms with Crippen molar-refractivity contribution >= 4 is 5.97 Å². The maximum Gasteiger partial charge on any atom is 0.309 e. The summed E-state index contributed by atoms with van der Waals surface area (Å²) in [6.07, 6.45) is 14.2. The molecule has 0 heterocycles. The number of carbonyl (C=O) groups is 1. The highest BCUT2D eigenvalue weighted by Gasteiger charge is 2.50. The summed E-state index contributed by atoms with van der Waals surface area (Å²) in [7, 11) is 0. The molecule has 0 aromatic heterocycles. The molecule has 2 heteroatoms. The van der Waals surface area contributed by atoms with Crippen molar-refractivity contribution in [2.75, 3.05) is 0 Å². The van der Waals surface area contributed by atoms with Crippen molar-refractivity contribution in [1.82, 2.24) is 0 Å². The fraction of sp³-hybridized carbons (Fsp3) is 0.947. The summed E-state index contributed by atoms with van der Waals surface area (Å²) in [5.74, 6) is 1.41. The molecule has 2 aliphatic carbocycles. The third kappa shape index (κ3) is 3.63. The van der Waals surface area contributed by atoms with Gasteiger partial charge in [0.2, 0.25) is 0 Å². The molecule has 0 bridgehead atoms. The van der Waals surface area contributed by atoms with Crippen LogP contribution in [0.15, 0.2) is 0 Å². The van der Waals surface area contributed by atoms with Crippen LogP contribution in [-0.4, -0.2) is 11.1 Å². The van der Waals surface area contributed by atoms with Gasteiger partial charge in [0.15, 0.2) is 0 Å². The van der Waals surface area contributed by atoms with Crippen molar-refractivity contribution in [2.24, 2.45) is 23.2 Å². The van der Waals surface area contributed by atoms with Gasteiger partial charge < -0.3 is 5.11 Å². The molecule has 2 rings (SSSR count). The molecule has 0 radical (unpaired) electrons. The lowest BCUT2D eigenvalue weighted by Gasteiger charge is -2.47. The number of hydrogen-bond acceptors (Lipinski definition) is 1. The van der Waals surface area contributed by atoms with Gasteiger partial charge in [-0.3, -0.25) is 4.79 Å². The summed E-state index contributed by atoms with van der Waals surface area (Å²) in [5, 5.41) is 10.0. The van der Waals surface area contributed by atoms with Gasteiger partial charge >= 0.3 is 5.97 Å². The Hall–Kier alpha value is -0.530. The molecule has 2 unspecified atom stereocenters. The second kappa shape index (κ2) is 7.65. The monoisotopic (exact) mass is 294 g/mol. The van der Waals surface area contributed by atoms with E-state index in [0.717, 1.165) is 38.0 Å². The van der Waals surface area contributed by atoms with E-state index in [1.807, 2.05) is 0 Å². The molecule has 2 aliphatic rings. The molecule has 0 aromatic rings. The molecule has 0 aliphatic heterocycles. The van der Waals surface area contributed by atoms with Gasteiger partial charge in [-0.15, -0.1) is 0 Å². The van der Waals surface area contributed by atoms with E-state index in [-0.39, 0.29) is 5.41 Å². The molecule has 2 fully saturated rings. The summed E-state index contributed by atoms with van der Waals surface area (Å²) in [6.45, 7) is 4.50. The summed E-state index contributed by atoms with van der Waals surface area (Å²) < 4.78 is 0. The lowest BCUT2D eigenvalue weighted by atomic mass is 9.56. The van der Waals surface area contributed by atoms with Crippen LogP contribution in [-0.2, 0) is 4.79 Å². The number of carboxylic acid groups (broad SMARTS) is 1. The summed E-state index contributed by atoms with van der Waals surface area (Å²) in [4.78, 5) is 12.2. The first-order valence-electron chi connectivity index (χ1n) is 9.37. The third-order valence-electron chi connectivity index (χ3n) is 6.53. The molecular weight excluding hydrogens is 260 g/mol. The molecule has 0 spiro atoms. The fourth-order valence-electron chi connectivity index (χ4n) is 5.14. The van der Waals surface area contributed by atoms with Crippen LogP contribution < -0.4 is 0 Å². The van der Waals surface area contributed by atoms with Crippen molar-refractivity contribution in [3.63, 3.8) is 0 Å². The second-order valence-corrected chi connectivity index (χ2v) is 7.61. The van der Waals surface area contributed by atoms with Gasteiger partial charge in [-0.25, -0.2) is 0 Å². The van der Waals surface area contributed by atoms with Crippen LogP contribution in [0.2, 0.25) is 0 Å². The SMILES string of the molecule is CCCCC1CCC(C(=O)O)(C2CCCCC2CC)CC1. The van der Waals surface area contributed by atoms with Crippen LogP contribution in [0.5, 0.6) is 0 Å². The number of rotatable bonds is 6. The first kappa shape index (κ1) is 16.8. The van der Waals surface area contributed by atoms with E-state index in [2.05, 4.69) is 13.8 Å². The minimum Gasteiger partial charge on any atom is -0.481 e. The number of aliphatic carboxylic acids is 1. The zero-order valence-corrected chi connectivity index (χ0v) is 14.1. The van der Waals surface area contributed by atoms with E-state index < -0.39 is 5.97 Å². The number of carboxylic acids is 1. The van der Waals surface area contributed by atoms with Crippen LogP contribution in [0.1, 0.15) is 90.9 Å². The number of unbranched alkanes of at least 4 members (excludes halogenated alkanes) is 1. The predicted octanol–water partition coefficient (Wildman–Crippen LogP) is 5.65. The molecular formula is C19H34O2. The average molecular weight is 294 g/mol. The Kier molecular flexibility index (Phi) is 6.13. The van der Waals surface area contributed by atoms with Gasteiger partial charge in [-0.2, -0.15) is 0 Å². The smallest absolute Gasteiger partial charge is 0.309 e. The predicted molar refractivity (Wildman–Crippen MR) is 87.3 cm³/mol.